The zero-order chi connectivity index (χ0) is 14.0. The molecule has 0 bridgehead atoms. The maximum Gasteiger partial charge on any atom is 0.241 e. The van der Waals surface area contributed by atoms with Gasteiger partial charge in [-0.3, -0.25) is 0 Å². The molecule has 1 aliphatic carbocycles. The summed E-state index contributed by atoms with van der Waals surface area (Å²) in [5.41, 5.74) is 5.97. The van der Waals surface area contributed by atoms with Crippen molar-refractivity contribution in [2.45, 2.75) is 37.1 Å². The van der Waals surface area contributed by atoms with Crippen LogP contribution in [-0.4, -0.2) is 19.4 Å². The lowest BCUT2D eigenvalue weighted by Crippen LogP contribution is -2.41. The molecule has 1 saturated carbocycles. The third-order valence-electron chi connectivity index (χ3n) is 3.64. The van der Waals surface area contributed by atoms with E-state index in [9.17, 15) is 8.42 Å². The van der Waals surface area contributed by atoms with Crippen molar-refractivity contribution in [3.63, 3.8) is 0 Å². The minimum Gasteiger partial charge on any atom is -0.389 e. The van der Waals surface area contributed by atoms with Gasteiger partial charge in [0.05, 0.1) is 4.90 Å². The molecule has 3 N–H and O–H groups in total. The molecule has 0 aliphatic heterocycles. The fraction of sp³-hybridized carbons (Fsp3) is 0.462. The Labute approximate surface area is 119 Å². The van der Waals surface area contributed by atoms with Crippen molar-refractivity contribution in [2.24, 2.45) is 11.7 Å². The largest absolute Gasteiger partial charge is 0.389 e. The van der Waals surface area contributed by atoms with E-state index >= 15 is 0 Å². The Morgan fingerprint density at radius 1 is 1.42 bits per heavy atom. The molecule has 4 nitrogen and oxygen atoms in total. The SMILES string of the molecule is CC(NS(=O)(=O)c1ccccc1C(N)=S)C1CCC1. The van der Waals surface area contributed by atoms with Gasteiger partial charge in [-0.2, -0.15) is 0 Å². The van der Waals surface area contributed by atoms with Gasteiger partial charge in [-0.1, -0.05) is 36.8 Å². The molecule has 0 aromatic heterocycles. The van der Waals surface area contributed by atoms with E-state index in [1.54, 1.807) is 18.2 Å². The first-order valence-corrected chi connectivity index (χ1v) is 8.22. The van der Waals surface area contributed by atoms with Crippen molar-refractivity contribution in [2.75, 3.05) is 0 Å². The molecule has 2 rings (SSSR count). The van der Waals surface area contributed by atoms with Gasteiger partial charge in [-0.15, -0.1) is 0 Å². The molecule has 0 spiro atoms. The van der Waals surface area contributed by atoms with E-state index < -0.39 is 10.0 Å². The van der Waals surface area contributed by atoms with Crippen LogP contribution >= 0.6 is 12.2 Å². The first kappa shape index (κ1) is 14.4. The second-order valence-electron chi connectivity index (χ2n) is 4.96. The first-order valence-electron chi connectivity index (χ1n) is 6.33. The van der Waals surface area contributed by atoms with Crippen LogP contribution in [-0.2, 0) is 10.0 Å². The first-order chi connectivity index (χ1) is 8.92. The Kier molecular flexibility index (Phi) is 4.23. The molecule has 1 aromatic rings. The van der Waals surface area contributed by atoms with Crippen LogP contribution in [0, 0.1) is 5.92 Å². The highest BCUT2D eigenvalue weighted by Crippen LogP contribution is 2.30. The molecule has 19 heavy (non-hydrogen) atoms. The molecule has 0 radical (unpaired) electrons. The van der Waals surface area contributed by atoms with Gasteiger partial charge >= 0.3 is 0 Å². The number of thiocarbonyl (C=S) groups is 1. The van der Waals surface area contributed by atoms with Crippen LogP contribution in [0.4, 0.5) is 0 Å². The molecule has 1 unspecified atom stereocenters. The lowest BCUT2D eigenvalue weighted by atomic mass is 9.81. The maximum atomic E-state index is 12.4. The van der Waals surface area contributed by atoms with Crippen molar-refractivity contribution in [1.82, 2.24) is 4.72 Å². The summed E-state index contributed by atoms with van der Waals surface area (Å²) >= 11 is 4.90. The summed E-state index contributed by atoms with van der Waals surface area (Å²) in [6.45, 7) is 1.91. The fourth-order valence-electron chi connectivity index (χ4n) is 2.25. The van der Waals surface area contributed by atoms with Crippen molar-refractivity contribution in [1.29, 1.82) is 0 Å². The number of nitrogens with two attached hydrogens (primary N) is 1. The maximum absolute atomic E-state index is 12.4. The van der Waals surface area contributed by atoms with E-state index in [-0.39, 0.29) is 15.9 Å². The third-order valence-corrected chi connectivity index (χ3v) is 5.48. The van der Waals surface area contributed by atoms with Gasteiger partial charge in [0.2, 0.25) is 10.0 Å². The topological polar surface area (TPSA) is 72.2 Å². The smallest absolute Gasteiger partial charge is 0.241 e. The molecule has 0 heterocycles. The predicted octanol–water partition coefficient (Wildman–Crippen LogP) is 1.79. The molecule has 1 aromatic carbocycles. The summed E-state index contributed by atoms with van der Waals surface area (Å²) in [7, 11) is -3.57. The van der Waals surface area contributed by atoms with Crippen molar-refractivity contribution in [3.05, 3.63) is 29.8 Å². The van der Waals surface area contributed by atoms with E-state index in [0.717, 1.165) is 12.8 Å². The number of sulfonamides is 1. The molecule has 104 valence electrons. The van der Waals surface area contributed by atoms with Crippen LogP contribution < -0.4 is 10.5 Å². The minimum absolute atomic E-state index is 0.0573. The second-order valence-corrected chi connectivity index (χ2v) is 7.08. The lowest BCUT2D eigenvalue weighted by Gasteiger charge is -2.31. The van der Waals surface area contributed by atoms with Gasteiger partial charge in [0.1, 0.15) is 4.99 Å². The zero-order valence-electron chi connectivity index (χ0n) is 10.8. The summed E-state index contributed by atoms with van der Waals surface area (Å²) in [5, 5.41) is 0. The Morgan fingerprint density at radius 2 is 2.05 bits per heavy atom. The summed E-state index contributed by atoms with van der Waals surface area (Å²) in [5.74, 6) is 0.437. The number of hydrogen-bond donors (Lipinski definition) is 2. The highest BCUT2D eigenvalue weighted by Gasteiger charge is 2.29. The standard InChI is InChI=1S/C13H18N2O2S2/c1-9(10-5-4-6-10)15-19(16,17)12-8-3-2-7-11(12)13(14)18/h2-3,7-10,15H,4-6H2,1H3,(H2,14,18). The van der Waals surface area contributed by atoms with Gasteiger partial charge in [0.25, 0.3) is 0 Å². The number of rotatable bonds is 5. The van der Waals surface area contributed by atoms with Crippen LogP contribution in [0.3, 0.4) is 0 Å². The van der Waals surface area contributed by atoms with Crippen molar-refractivity contribution in [3.8, 4) is 0 Å². The Hall–Kier alpha value is -0.980. The van der Waals surface area contributed by atoms with Crippen LogP contribution in [0.2, 0.25) is 0 Å². The zero-order valence-corrected chi connectivity index (χ0v) is 12.4. The van der Waals surface area contributed by atoms with Gasteiger partial charge in [-0.25, -0.2) is 13.1 Å². The van der Waals surface area contributed by atoms with Gasteiger partial charge in [0.15, 0.2) is 0 Å². The summed E-state index contributed by atoms with van der Waals surface area (Å²) in [6, 6.07) is 6.50. The van der Waals surface area contributed by atoms with Gasteiger partial charge < -0.3 is 5.73 Å². The second kappa shape index (κ2) is 5.56. The average Bonchev–Trinajstić information content (AvgIpc) is 2.25. The Balaban J connectivity index is 2.26. The van der Waals surface area contributed by atoms with Crippen LogP contribution in [0.15, 0.2) is 29.2 Å². The van der Waals surface area contributed by atoms with Crippen molar-refractivity contribution < 1.29 is 8.42 Å². The quantitative estimate of drug-likeness (QED) is 0.813. The van der Waals surface area contributed by atoms with Crippen LogP contribution in [0.25, 0.3) is 0 Å². The van der Waals surface area contributed by atoms with Gasteiger partial charge in [0, 0.05) is 11.6 Å². The molecular formula is C13H18N2O2S2. The number of nitrogens with one attached hydrogen (secondary N) is 1. The Bertz CT molecular complexity index is 580. The van der Waals surface area contributed by atoms with Crippen LogP contribution in [0.1, 0.15) is 31.7 Å². The molecule has 0 saturated heterocycles. The minimum atomic E-state index is -3.57. The number of benzene rings is 1. The fourth-order valence-corrected chi connectivity index (χ4v) is 4.03. The molecular weight excluding hydrogens is 280 g/mol. The van der Waals surface area contributed by atoms with E-state index in [2.05, 4.69) is 4.72 Å². The van der Waals surface area contributed by atoms with E-state index in [1.165, 1.54) is 12.5 Å². The summed E-state index contributed by atoms with van der Waals surface area (Å²) in [6.07, 6.45) is 3.35. The van der Waals surface area contributed by atoms with E-state index in [1.807, 2.05) is 6.92 Å². The summed E-state index contributed by atoms with van der Waals surface area (Å²) in [4.78, 5) is 0.256. The van der Waals surface area contributed by atoms with Crippen molar-refractivity contribution >= 4 is 27.2 Å². The normalized spacial score (nSPS) is 17.7. The van der Waals surface area contributed by atoms with Gasteiger partial charge in [-0.05, 0) is 31.7 Å². The average molecular weight is 298 g/mol. The molecule has 6 heteroatoms. The predicted molar refractivity (Wildman–Crippen MR) is 79.5 cm³/mol. The van der Waals surface area contributed by atoms with E-state index in [0.29, 0.717) is 11.5 Å². The van der Waals surface area contributed by atoms with E-state index in [4.69, 9.17) is 18.0 Å². The molecule has 1 fully saturated rings. The Morgan fingerprint density at radius 3 is 2.58 bits per heavy atom. The molecule has 1 aliphatic rings. The highest BCUT2D eigenvalue weighted by molar-refractivity contribution is 7.89. The summed E-state index contributed by atoms with van der Waals surface area (Å²) < 4.78 is 27.5. The molecule has 0 amide bonds. The highest BCUT2D eigenvalue weighted by atomic mass is 32.2. The molecule has 1 atom stereocenters. The third kappa shape index (κ3) is 3.13. The van der Waals surface area contributed by atoms with Crippen LogP contribution in [0.5, 0.6) is 0 Å². The monoisotopic (exact) mass is 298 g/mol. The lowest BCUT2D eigenvalue weighted by molar-refractivity contribution is 0.260. The number of hydrogen-bond acceptors (Lipinski definition) is 3.